The lowest BCUT2D eigenvalue weighted by molar-refractivity contribution is 0.101. The standard InChI is InChI=1S/C11H11N3OS/c1-8(15)10-11(14-16-13-10)12-7-9-5-3-2-4-6-9/h2-6H,7H2,1H3,(H,12,14). The van der Waals surface area contributed by atoms with E-state index < -0.39 is 0 Å². The first kappa shape index (κ1) is 10.8. The molecule has 0 aliphatic rings. The van der Waals surface area contributed by atoms with Gasteiger partial charge in [-0.1, -0.05) is 30.3 Å². The molecule has 0 unspecified atom stereocenters. The minimum atomic E-state index is -0.0655. The molecule has 0 saturated carbocycles. The number of benzene rings is 1. The van der Waals surface area contributed by atoms with Crippen LogP contribution in [0.15, 0.2) is 30.3 Å². The zero-order valence-electron chi connectivity index (χ0n) is 8.80. The molecule has 0 spiro atoms. The fraction of sp³-hybridized carbons (Fsp3) is 0.182. The highest BCUT2D eigenvalue weighted by Gasteiger charge is 2.11. The van der Waals surface area contributed by atoms with Crippen LogP contribution in [0.25, 0.3) is 0 Å². The number of aromatic nitrogens is 2. The summed E-state index contributed by atoms with van der Waals surface area (Å²) in [6, 6.07) is 9.94. The monoisotopic (exact) mass is 233 g/mol. The number of hydrogen-bond acceptors (Lipinski definition) is 5. The number of carbonyl (C=O) groups is 1. The Kier molecular flexibility index (Phi) is 3.26. The van der Waals surface area contributed by atoms with E-state index in [1.165, 1.54) is 6.92 Å². The predicted octanol–water partition coefficient (Wildman–Crippen LogP) is 2.35. The van der Waals surface area contributed by atoms with Crippen LogP contribution in [-0.2, 0) is 6.54 Å². The molecule has 2 aromatic rings. The Bertz CT molecular complexity index is 481. The maximum absolute atomic E-state index is 11.2. The van der Waals surface area contributed by atoms with Gasteiger partial charge in [0, 0.05) is 13.5 Å². The third-order valence-corrected chi connectivity index (χ3v) is 2.65. The summed E-state index contributed by atoms with van der Waals surface area (Å²) in [5.41, 5.74) is 1.56. The van der Waals surface area contributed by atoms with Gasteiger partial charge in [0.2, 0.25) is 0 Å². The zero-order chi connectivity index (χ0) is 11.4. The molecular formula is C11H11N3OS. The minimum Gasteiger partial charge on any atom is -0.363 e. The molecule has 0 bridgehead atoms. The number of nitrogens with one attached hydrogen (secondary N) is 1. The van der Waals surface area contributed by atoms with Gasteiger partial charge in [-0.05, 0) is 5.56 Å². The number of carbonyl (C=O) groups excluding carboxylic acids is 1. The molecule has 0 fully saturated rings. The van der Waals surface area contributed by atoms with Crippen molar-refractivity contribution in [2.45, 2.75) is 13.5 Å². The molecule has 0 amide bonds. The Balaban J connectivity index is 2.05. The lowest BCUT2D eigenvalue weighted by Crippen LogP contribution is -2.04. The van der Waals surface area contributed by atoms with Gasteiger partial charge in [-0.25, -0.2) is 0 Å². The fourth-order valence-electron chi connectivity index (χ4n) is 1.32. The Morgan fingerprint density at radius 3 is 2.75 bits per heavy atom. The molecule has 0 radical (unpaired) electrons. The van der Waals surface area contributed by atoms with E-state index in [4.69, 9.17) is 0 Å². The van der Waals surface area contributed by atoms with Crippen LogP contribution in [0.4, 0.5) is 5.82 Å². The van der Waals surface area contributed by atoms with Crippen molar-refractivity contribution in [1.82, 2.24) is 8.75 Å². The van der Waals surface area contributed by atoms with Gasteiger partial charge < -0.3 is 5.32 Å². The Labute approximate surface area is 97.7 Å². The maximum Gasteiger partial charge on any atom is 0.183 e. The van der Waals surface area contributed by atoms with Gasteiger partial charge in [0.05, 0.1) is 11.7 Å². The quantitative estimate of drug-likeness (QED) is 0.824. The molecule has 82 valence electrons. The summed E-state index contributed by atoms with van der Waals surface area (Å²) in [5, 5.41) is 3.11. The van der Waals surface area contributed by atoms with E-state index in [1.54, 1.807) is 0 Å². The van der Waals surface area contributed by atoms with Crippen molar-refractivity contribution in [2.75, 3.05) is 5.32 Å². The van der Waals surface area contributed by atoms with E-state index in [0.717, 1.165) is 17.3 Å². The number of ketones is 1. The molecule has 0 aliphatic heterocycles. The number of hydrogen-bond donors (Lipinski definition) is 1. The van der Waals surface area contributed by atoms with Crippen molar-refractivity contribution in [1.29, 1.82) is 0 Å². The summed E-state index contributed by atoms with van der Waals surface area (Å²) >= 11 is 1.05. The highest BCUT2D eigenvalue weighted by atomic mass is 32.1. The van der Waals surface area contributed by atoms with Crippen LogP contribution in [0.2, 0.25) is 0 Å². The lowest BCUT2D eigenvalue weighted by Gasteiger charge is -2.03. The van der Waals surface area contributed by atoms with Crippen molar-refractivity contribution < 1.29 is 4.79 Å². The topological polar surface area (TPSA) is 54.9 Å². The summed E-state index contributed by atoms with van der Waals surface area (Å²) in [5.74, 6) is 0.505. The van der Waals surface area contributed by atoms with Crippen molar-refractivity contribution in [3.8, 4) is 0 Å². The maximum atomic E-state index is 11.2. The third-order valence-electron chi connectivity index (χ3n) is 2.12. The highest BCUT2D eigenvalue weighted by Crippen LogP contribution is 2.13. The summed E-state index contributed by atoms with van der Waals surface area (Å²) in [6.45, 7) is 2.14. The normalized spacial score (nSPS) is 10.1. The van der Waals surface area contributed by atoms with E-state index in [2.05, 4.69) is 14.1 Å². The van der Waals surface area contributed by atoms with Crippen LogP contribution in [0.5, 0.6) is 0 Å². The van der Waals surface area contributed by atoms with Gasteiger partial charge >= 0.3 is 0 Å². The van der Waals surface area contributed by atoms with Crippen LogP contribution < -0.4 is 5.32 Å². The van der Waals surface area contributed by atoms with Gasteiger partial charge in [-0.3, -0.25) is 4.79 Å². The first-order valence-electron chi connectivity index (χ1n) is 4.88. The average molecular weight is 233 g/mol. The average Bonchev–Trinajstić information content (AvgIpc) is 2.76. The second kappa shape index (κ2) is 4.85. The summed E-state index contributed by atoms with van der Waals surface area (Å²) < 4.78 is 8.00. The highest BCUT2D eigenvalue weighted by molar-refractivity contribution is 6.99. The molecule has 0 saturated heterocycles. The molecule has 1 heterocycles. The van der Waals surface area contributed by atoms with Gasteiger partial charge in [0.25, 0.3) is 0 Å². The van der Waals surface area contributed by atoms with Crippen LogP contribution >= 0.6 is 11.7 Å². The third kappa shape index (κ3) is 2.43. The van der Waals surface area contributed by atoms with Crippen molar-refractivity contribution in [3.63, 3.8) is 0 Å². The van der Waals surface area contributed by atoms with E-state index in [-0.39, 0.29) is 5.78 Å². The van der Waals surface area contributed by atoms with Gasteiger partial charge in [0.1, 0.15) is 0 Å². The molecular weight excluding hydrogens is 222 g/mol. The van der Waals surface area contributed by atoms with Gasteiger partial charge in [-0.2, -0.15) is 8.75 Å². The molecule has 16 heavy (non-hydrogen) atoms. The number of rotatable bonds is 4. The first-order chi connectivity index (χ1) is 7.77. The Hall–Kier alpha value is -1.75. The molecule has 1 N–H and O–H groups in total. The van der Waals surface area contributed by atoms with Crippen molar-refractivity contribution >= 4 is 23.3 Å². The summed E-state index contributed by atoms with van der Waals surface area (Å²) in [4.78, 5) is 11.2. The molecule has 4 nitrogen and oxygen atoms in total. The number of anilines is 1. The fourth-order valence-corrected chi connectivity index (χ4v) is 1.89. The first-order valence-corrected chi connectivity index (χ1v) is 5.61. The van der Waals surface area contributed by atoms with E-state index in [9.17, 15) is 4.79 Å². The summed E-state index contributed by atoms with van der Waals surface area (Å²) in [6.07, 6.45) is 0. The zero-order valence-corrected chi connectivity index (χ0v) is 9.62. The van der Waals surface area contributed by atoms with Crippen LogP contribution in [-0.4, -0.2) is 14.5 Å². The number of nitrogens with zero attached hydrogens (tertiary/aromatic N) is 2. The van der Waals surface area contributed by atoms with E-state index in [0.29, 0.717) is 18.1 Å². The van der Waals surface area contributed by atoms with E-state index >= 15 is 0 Å². The molecule has 0 atom stereocenters. The Morgan fingerprint density at radius 1 is 1.31 bits per heavy atom. The van der Waals surface area contributed by atoms with Crippen LogP contribution in [0.1, 0.15) is 23.0 Å². The minimum absolute atomic E-state index is 0.0655. The predicted molar refractivity (Wildman–Crippen MR) is 63.7 cm³/mol. The largest absolute Gasteiger partial charge is 0.363 e. The molecule has 1 aromatic carbocycles. The second-order valence-corrected chi connectivity index (χ2v) is 3.89. The van der Waals surface area contributed by atoms with Gasteiger partial charge in [-0.15, -0.1) is 0 Å². The van der Waals surface area contributed by atoms with Crippen molar-refractivity contribution in [3.05, 3.63) is 41.6 Å². The molecule has 1 aromatic heterocycles. The Morgan fingerprint density at radius 2 is 2.06 bits per heavy atom. The van der Waals surface area contributed by atoms with E-state index in [1.807, 2.05) is 30.3 Å². The molecule has 2 rings (SSSR count). The SMILES string of the molecule is CC(=O)c1nsnc1NCc1ccccc1. The number of Topliss-reactive ketones (excluding diaryl/α,β-unsaturated/α-hetero) is 1. The van der Waals surface area contributed by atoms with Crippen LogP contribution in [0, 0.1) is 0 Å². The van der Waals surface area contributed by atoms with Crippen LogP contribution in [0.3, 0.4) is 0 Å². The van der Waals surface area contributed by atoms with Crippen molar-refractivity contribution in [2.24, 2.45) is 0 Å². The molecule has 5 heteroatoms. The smallest absolute Gasteiger partial charge is 0.183 e. The second-order valence-electron chi connectivity index (χ2n) is 3.36. The summed E-state index contributed by atoms with van der Waals surface area (Å²) in [7, 11) is 0. The van der Waals surface area contributed by atoms with Gasteiger partial charge in [0.15, 0.2) is 17.3 Å². The molecule has 0 aliphatic carbocycles. The lowest BCUT2D eigenvalue weighted by atomic mass is 10.2.